The van der Waals surface area contributed by atoms with Crippen LogP contribution in [-0.2, 0) is 38.1 Å². The molecular formula is C60H92O14. The largest absolute Gasteiger partial charge is 0.457 e. The Bertz CT molecular complexity index is 2270. The van der Waals surface area contributed by atoms with Gasteiger partial charge in [-0.25, -0.2) is 19.2 Å². The first-order chi connectivity index (χ1) is 29.8. The molecule has 74 heavy (non-hydrogen) atoms. The molecule has 0 radical (unpaired) electrons. The molecule has 0 atom stereocenters. The van der Waals surface area contributed by atoms with Crippen molar-refractivity contribution in [3.63, 3.8) is 0 Å². The number of hydrogen-bond donors (Lipinski definition) is 0. The Morgan fingerprint density at radius 2 is 0.608 bits per heavy atom. The Hall–Kier alpha value is -8.26. The zero-order valence-corrected chi connectivity index (χ0v) is 34.1. The second kappa shape index (κ2) is 48.4. The van der Waals surface area contributed by atoms with Gasteiger partial charge in [0, 0.05) is 34.4 Å². The van der Waals surface area contributed by atoms with Crippen LogP contribution in [0.5, 0.6) is 23.0 Å². The van der Waals surface area contributed by atoms with Crippen molar-refractivity contribution in [1.29, 1.82) is 0 Å². The summed E-state index contributed by atoms with van der Waals surface area (Å²) in [5.41, 5.74) is 3.13. The second-order valence-electron chi connectivity index (χ2n) is 12.4. The van der Waals surface area contributed by atoms with Crippen molar-refractivity contribution in [2.75, 3.05) is 27.2 Å². The minimum Gasteiger partial charge on any atom is -0.457 e. The van der Waals surface area contributed by atoms with E-state index in [0.29, 0.717) is 39.7 Å². The lowest BCUT2D eigenvalue weighted by molar-refractivity contribution is -0.146. The van der Waals surface area contributed by atoms with Gasteiger partial charge in [0.15, 0.2) is 11.6 Å². The van der Waals surface area contributed by atoms with Gasteiger partial charge >= 0.3 is 23.9 Å². The highest BCUT2D eigenvalue weighted by molar-refractivity contribution is 6.07. The summed E-state index contributed by atoms with van der Waals surface area (Å²) in [5, 5.41) is 0. The molecule has 416 valence electrons. The first-order valence-electron chi connectivity index (χ1n) is 18.4. The standard InChI is InChI=1S/C25H24O7.C23H20O7.12CH4/c1-17(2)24(27)31-15-29-21-10-5-19(6-11-21)7-14-23(26)20-8-12-22(13-9-20)30-16-32-25(28)18(3)4;1-3-22(25)29-15-27-19-10-5-17(6-11-19)7-14-21(24)18-8-12-20(13-9-18)28-16-30-23(26)4-2;;;;;;;;;;;;/h5-14H,1,3,15-16H2,2,4H3;3-14H,1-2,15-16H2;12*1H4/b2*14-7+;;;;;;;;;;;;. The van der Waals surface area contributed by atoms with E-state index < -0.39 is 23.9 Å². The van der Waals surface area contributed by atoms with E-state index in [1.54, 1.807) is 123 Å². The quantitative estimate of drug-likeness (QED) is 0.0239. The molecule has 14 heteroatoms. The molecule has 0 spiro atoms. The lowest BCUT2D eigenvalue weighted by Crippen LogP contribution is -2.10. The molecule has 0 N–H and O–H groups in total. The Kier molecular flexibility index (Phi) is 58.0. The van der Waals surface area contributed by atoms with Gasteiger partial charge in [0.2, 0.25) is 27.2 Å². The third-order valence-electron chi connectivity index (χ3n) is 7.61. The lowest BCUT2D eigenvalue weighted by Gasteiger charge is -2.07. The smallest absolute Gasteiger partial charge is 0.335 e. The topological polar surface area (TPSA) is 176 Å². The molecule has 4 aromatic rings. The molecular weight excluding hydrogens is 945 g/mol. The van der Waals surface area contributed by atoms with Crippen LogP contribution in [0.2, 0.25) is 0 Å². The van der Waals surface area contributed by atoms with Crippen molar-refractivity contribution < 1.29 is 66.7 Å². The number of ether oxygens (including phenoxy) is 8. The van der Waals surface area contributed by atoms with Gasteiger partial charge in [0.1, 0.15) is 23.0 Å². The Morgan fingerprint density at radius 1 is 0.378 bits per heavy atom. The van der Waals surface area contributed by atoms with Gasteiger partial charge < -0.3 is 37.9 Å². The third kappa shape index (κ3) is 34.1. The Labute approximate surface area is 447 Å². The van der Waals surface area contributed by atoms with Gasteiger partial charge in [-0.3, -0.25) is 9.59 Å². The van der Waals surface area contributed by atoms with Gasteiger partial charge in [-0.05, 0) is 110 Å². The average molecular weight is 1040 g/mol. The fraction of sp³-hybridized carbons (Fsp3) is 0.300. The van der Waals surface area contributed by atoms with Crippen molar-refractivity contribution in [3.8, 4) is 23.0 Å². The Balaban J connectivity index is -0.000000119. The fourth-order valence-electron chi connectivity index (χ4n) is 4.29. The summed E-state index contributed by atoms with van der Waals surface area (Å²) in [4.78, 5) is 69.1. The maximum atomic E-state index is 12.3. The van der Waals surface area contributed by atoms with E-state index in [1.807, 2.05) is 0 Å². The number of rotatable bonds is 22. The van der Waals surface area contributed by atoms with Crippen molar-refractivity contribution in [1.82, 2.24) is 0 Å². The van der Waals surface area contributed by atoms with E-state index in [1.165, 1.54) is 12.2 Å². The molecule has 0 aliphatic carbocycles. The van der Waals surface area contributed by atoms with Crippen LogP contribution in [-0.4, -0.2) is 62.6 Å². The molecule has 0 unspecified atom stereocenters. The van der Waals surface area contributed by atoms with Crippen LogP contribution in [0.3, 0.4) is 0 Å². The van der Waals surface area contributed by atoms with E-state index in [9.17, 15) is 28.8 Å². The van der Waals surface area contributed by atoms with Crippen LogP contribution in [0, 0.1) is 0 Å². The minimum absolute atomic E-state index is 0. The van der Waals surface area contributed by atoms with Crippen LogP contribution < -0.4 is 18.9 Å². The first kappa shape index (κ1) is 88.7. The third-order valence-corrected chi connectivity index (χ3v) is 7.61. The summed E-state index contributed by atoms with van der Waals surface area (Å²) in [6.45, 7) is 15.7. The summed E-state index contributed by atoms with van der Waals surface area (Å²) in [6.07, 6.45) is 8.34. The number of allylic oxidation sites excluding steroid dienone is 2. The zero-order chi connectivity index (χ0) is 45.3. The summed E-state index contributed by atoms with van der Waals surface area (Å²) < 4.78 is 40.3. The van der Waals surface area contributed by atoms with Crippen molar-refractivity contribution in [3.05, 3.63) is 181 Å². The molecule has 0 aliphatic heterocycles. The van der Waals surface area contributed by atoms with Crippen LogP contribution in [0.15, 0.2) is 159 Å². The number of hydrogen-bond acceptors (Lipinski definition) is 14. The molecule has 0 amide bonds. The van der Waals surface area contributed by atoms with Crippen molar-refractivity contribution >= 4 is 47.6 Å². The SMILES string of the molecule is C.C.C.C.C.C.C.C.C.C.C.C.C=C(C)C(=O)OCOc1ccc(/C=C/C(=O)c2ccc(OCOC(=O)C(=C)C)cc2)cc1.C=CC(=O)OCOc1ccc(/C=C/C(=O)c2ccc(OCOC(=O)C=C)cc2)cc1. The fourth-order valence-corrected chi connectivity index (χ4v) is 4.29. The van der Waals surface area contributed by atoms with E-state index in [2.05, 4.69) is 26.3 Å². The number of carbonyl (C=O) groups excluding carboxylic acids is 6. The monoisotopic (exact) mass is 1040 g/mol. The highest BCUT2D eigenvalue weighted by atomic mass is 16.7. The van der Waals surface area contributed by atoms with Gasteiger partial charge in [-0.1, -0.05) is 152 Å². The summed E-state index contributed by atoms with van der Waals surface area (Å²) in [7, 11) is 0. The second-order valence-corrected chi connectivity index (χ2v) is 12.4. The summed E-state index contributed by atoms with van der Waals surface area (Å²) in [6, 6.07) is 26.7. The molecule has 0 aliphatic rings. The van der Waals surface area contributed by atoms with E-state index >= 15 is 0 Å². The highest BCUT2D eigenvalue weighted by Crippen LogP contribution is 2.18. The molecule has 0 heterocycles. The predicted octanol–water partition coefficient (Wildman–Crippen LogP) is 15.8. The van der Waals surface area contributed by atoms with E-state index in [-0.39, 0.29) is 133 Å². The first-order valence-corrected chi connectivity index (χ1v) is 18.4. The lowest BCUT2D eigenvalue weighted by atomic mass is 10.1. The number of benzene rings is 4. The molecule has 0 aromatic heterocycles. The van der Waals surface area contributed by atoms with Gasteiger partial charge in [0.25, 0.3) is 0 Å². The van der Waals surface area contributed by atoms with Crippen LogP contribution >= 0.6 is 0 Å². The maximum Gasteiger partial charge on any atom is 0.335 e. The zero-order valence-electron chi connectivity index (χ0n) is 34.1. The highest BCUT2D eigenvalue weighted by Gasteiger charge is 2.07. The van der Waals surface area contributed by atoms with Gasteiger partial charge in [-0.2, -0.15) is 0 Å². The minimum atomic E-state index is -0.581. The predicted molar refractivity (Wildman–Crippen MR) is 310 cm³/mol. The van der Waals surface area contributed by atoms with E-state index in [4.69, 9.17) is 37.9 Å². The van der Waals surface area contributed by atoms with E-state index in [0.717, 1.165) is 23.3 Å². The normalized spacial score (nSPS) is 8.57. The molecule has 0 fully saturated rings. The van der Waals surface area contributed by atoms with Crippen LogP contribution in [0.1, 0.15) is 135 Å². The van der Waals surface area contributed by atoms with Crippen molar-refractivity contribution in [2.45, 2.75) is 103 Å². The summed E-state index contributed by atoms with van der Waals surface area (Å²) in [5.74, 6) is -0.606. The number of ketones is 2. The Morgan fingerprint density at radius 3 is 0.838 bits per heavy atom. The number of carbonyl (C=O) groups is 6. The molecule has 4 aromatic carbocycles. The van der Waals surface area contributed by atoms with Crippen LogP contribution in [0.4, 0.5) is 0 Å². The molecule has 4 rings (SSSR count). The molecule has 14 nitrogen and oxygen atoms in total. The molecule has 0 saturated heterocycles. The molecule has 0 bridgehead atoms. The van der Waals surface area contributed by atoms with Crippen molar-refractivity contribution in [2.24, 2.45) is 0 Å². The van der Waals surface area contributed by atoms with Gasteiger partial charge in [-0.15, -0.1) is 0 Å². The average Bonchev–Trinajstić information content (AvgIpc) is 3.28. The number of esters is 4. The summed E-state index contributed by atoms with van der Waals surface area (Å²) >= 11 is 0. The van der Waals surface area contributed by atoms with Crippen LogP contribution in [0.25, 0.3) is 12.2 Å². The molecule has 0 saturated carbocycles. The van der Waals surface area contributed by atoms with Gasteiger partial charge in [0.05, 0.1) is 0 Å². The maximum absolute atomic E-state index is 12.3.